The van der Waals surface area contributed by atoms with E-state index in [9.17, 15) is 9.59 Å². The average Bonchev–Trinajstić information content (AvgIpc) is 2.76. The van der Waals surface area contributed by atoms with Gasteiger partial charge < -0.3 is 14.2 Å². The summed E-state index contributed by atoms with van der Waals surface area (Å²) in [5.41, 5.74) is 2.02. The zero-order valence-electron chi connectivity index (χ0n) is 17.9. The Hall–Kier alpha value is -3.16. The van der Waals surface area contributed by atoms with Crippen molar-refractivity contribution in [3.63, 3.8) is 0 Å². The molecule has 8 nitrogen and oxygen atoms in total. The summed E-state index contributed by atoms with van der Waals surface area (Å²) in [7, 11) is 4.66. The maximum absolute atomic E-state index is 12.7. The Bertz CT molecular complexity index is 935. The molecule has 8 heteroatoms. The van der Waals surface area contributed by atoms with Gasteiger partial charge in [0.25, 0.3) is 0 Å². The third kappa shape index (κ3) is 4.22. The molecule has 2 aromatic rings. The first-order valence-electron chi connectivity index (χ1n) is 9.91. The molecule has 160 valence electrons. The maximum Gasteiger partial charge on any atom is 0.229 e. The molecule has 1 aromatic carbocycles. The quantitative estimate of drug-likeness (QED) is 0.742. The number of Topliss-reactive ketones (excluding diaryl/α,β-unsaturated/α-hetero) is 1. The molecule has 3 rings (SSSR count). The summed E-state index contributed by atoms with van der Waals surface area (Å²) in [6, 6.07) is 3.72. The highest BCUT2D eigenvalue weighted by Crippen LogP contribution is 2.42. The Labute approximate surface area is 176 Å². The Balaban J connectivity index is 1.92. The van der Waals surface area contributed by atoms with Crippen LogP contribution in [0.15, 0.2) is 18.3 Å². The van der Waals surface area contributed by atoms with Gasteiger partial charge in [0.15, 0.2) is 17.3 Å². The van der Waals surface area contributed by atoms with Crippen molar-refractivity contribution in [2.24, 2.45) is 5.92 Å². The van der Waals surface area contributed by atoms with E-state index in [1.54, 1.807) is 21.3 Å². The van der Waals surface area contributed by atoms with Crippen LogP contribution in [0.3, 0.4) is 0 Å². The molecule has 0 fully saturated rings. The molecule has 1 N–H and O–H groups in total. The number of fused-ring (bicyclic) bond motifs is 1. The number of hydrogen-bond acceptors (Lipinski definition) is 7. The van der Waals surface area contributed by atoms with E-state index >= 15 is 0 Å². The summed E-state index contributed by atoms with van der Waals surface area (Å²) >= 11 is 0. The first-order valence-corrected chi connectivity index (χ1v) is 9.91. The van der Waals surface area contributed by atoms with Crippen molar-refractivity contribution in [3.8, 4) is 17.2 Å². The van der Waals surface area contributed by atoms with Crippen LogP contribution in [0.4, 0.5) is 5.95 Å². The van der Waals surface area contributed by atoms with E-state index < -0.39 is 0 Å². The number of benzene rings is 1. The van der Waals surface area contributed by atoms with Crippen molar-refractivity contribution in [2.75, 3.05) is 26.6 Å². The second-order valence-electron chi connectivity index (χ2n) is 7.34. The van der Waals surface area contributed by atoms with Crippen molar-refractivity contribution in [2.45, 2.75) is 39.0 Å². The van der Waals surface area contributed by atoms with E-state index in [-0.39, 0.29) is 29.5 Å². The summed E-state index contributed by atoms with van der Waals surface area (Å²) in [6.07, 6.45) is 3.09. The van der Waals surface area contributed by atoms with Gasteiger partial charge in [0.1, 0.15) is 0 Å². The largest absolute Gasteiger partial charge is 0.493 e. The highest BCUT2D eigenvalue weighted by Gasteiger charge is 2.30. The number of aromatic nitrogens is 2. The minimum atomic E-state index is -0.141. The first-order chi connectivity index (χ1) is 14.4. The van der Waals surface area contributed by atoms with Gasteiger partial charge >= 0.3 is 0 Å². The van der Waals surface area contributed by atoms with E-state index in [0.717, 1.165) is 12.0 Å². The van der Waals surface area contributed by atoms with Crippen LogP contribution < -0.4 is 19.5 Å². The molecule has 2 atom stereocenters. The fourth-order valence-electron chi connectivity index (χ4n) is 3.50. The standard InChI is InChI=1S/C22H27N3O5/c1-6-12(2)21(27)25-22-23-11-15-16(24-22)7-13(8-17(15)26)14-9-18(28-3)20(30-5)19(10-14)29-4/h9-13H,6-8H2,1-5H3,(H,23,24,25,27)/t12-,13-/m1/s1. The third-order valence-corrected chi connectivity index (χ3v) is 5.49. The SMILES string of the molecule is CC[C@@H](C)C(=O)Nc1ncc2c(n1)C[C@@H](c1cc(OC)c(OC)c(OC)c1)CC2=O. The van der Waals surface area contributed by atoms with Crippen molar-refractivity contribution in [3.05, 3.63) is 35.2 Å². The average molecular weight is 413 g/mol. The molecule has 0 bridgehead atoms. The second-order valence-corrected chi connectivity index (χ2v) is 7.34. The van der Waals surface area contributed by atoms with Gasteiger partial charge in [-0.05, 0) is 36.5 Å². The van der Waals surface area contributed by atoms with Gasteiger partial charge in [-0.15, -0.1) is 0 Å². The number of nitrogens with one attached hydrogen (secondary N) is 1. The smallest absolute Gasteiger partial charge is 0.229 e. The van der Waals surface area contributed by atoms with Gasteiger partial charge in [-0.25, -0.2) is 9.97 Å². The molecule has 0 radical (unpaired) electrons. The molecular weight excluding hydrogens is 386 g/mol. The predicted molar refractivity (Wildman–Crippen MR) is 112 cm³/mol. The lowest BCUT2D eigenvalue weighted by Gasteiger charge is -2.25. The molecule has 0 unspecified atom stereocenters. The number of rotatable bonds is 7. The van der Waals surface area contributed by atoms with Gasteiger partial charge in [0, 0.05) is 18.5 Å². The van der Waals surface area contributed by atoms with Crippen molar-refractivity contribution < 1.29 is 23.8 Å². The predicted octanol–water partition coefficient (Wildman–Crippen LogP) is 3.40. The Morgan fingerprint density at radius 2 is 1.83 bits per heavy atom. The fraction of sp³-hybridized carbons (Fsp3) is 0.455. The number of anilines is 1. The zero-order chi connectivity index (χ0) is 21.8. The Morgan fingerprint density at radius 1 is 1.17 bits per heavy atom. The molecule has 30 heavy (non-hydrogen) atoms. The minimum Gasteiger partial charge on any atom is -0.493 e. The van der Waals surface area contributed by atoms with Crippen molar-refractivity contribution in [1.29, 1.82) is 0 Å². The lowest BCUT2D eigenvalue weighted by Crippen LogP contribution is -2.24. The molecule has 1 heterocycles. The Kier molecular flexibility index (Phi) is 6.54. The summed E-state index contributed by atoms with van der Waals surface area (Å²) < 4.78 is 16.3. The van der Waals surface area contributed by atoms with Gasteiger partial charge in [0.05, 0.1) is 32.6 Å². The number of nitrogens with zero attached hydrogens (tertiary/aromatic N) is 2. The summed E-state index contributed by atoms with van der Waals surface area (Å²) in [5, 5.41) is 2.73. The van der Waals surface area contributed by atoms with Crippen LogP contribution in [0.1, 0.15) is 54.2 Å². The number of amides is 1. The molecule has 0 saturated carbocycles. The van der Waals surface area contributed by atoms with E-state index in [1.165, 1.54) is 6.20 Å². The second kappa shape index (κ2) is 9.11. The van der Waals surface area contributed by atoms with E-state index in [2.05, 4.69) is 15.3 Å². The van der Waals surface area contributed by atoms with Crippen LogP contribution in [-0.4, -0.2) is 43.0 Å². The monoisotopic (exact) mass is 413 g/mol. The Morgan fingerprint density at radius 3 is 2.40 bits per heavy atom. The molecule has 0 aliphatic heterocycles. The summed E-state index contributed by atoms with van der Waals surface area (Å²) in [5.74, 6) is 1.38. The van der Waals surface area contributed by atoms with Crippen LogP contribution in [-0.2, 0) is 11.2 Å². The van der Waals surface area contributed by atoms with E-state index in [1.807, 2.05) is 26.0 Å². The van der Waals surface area contributed by atoms with Gasteiger partial charge in [0.2, 0.25) is 17.6 Å². The van der Waals surface area contributed by atoms with Gasteiger partial charge in [-0.3, -0.25) is 14.9 Å². The molecule has 1 aliphatic carbocycles. The number of carbonyl (C=O) groups excluding carboxylic acids is 2. The highest BCUT2D eigenvalue weighted by atomic mass is 16.5. The van der Waals surface area contributed by atoms with Crippen LogP contribution in [0, 0.1) is 5.92 Å². The molecule has 1 aliphatic rings. The molecule has 0 saturated heterocycles. The lowest BCUT2D eigenvalue weighted by molar-refractivity contribution is -0.119. The molecule has 1 amide bonds. The van der Waals surface area contributed by atoms with Crippen LogP contribution in [0.2, 0.25) is 0 Å². The van der Waals surface area contributed by atoms with E-state index in [4.69, 9.17) is 14.2 Å². The van der Waals surface area contributed by atoms with Gasteiger partial charge in [-0.1, -0.05) is 13.8 Å². The summed E-state index contributed by atoms with van der Waals surface area (Å²) in [6.45, 7) is 3.79. The normalized spacial score (nSPS) is 16.4. The summed E-state index contributed by atoms with van der Waals surface area (Å²) in [4.78, 5) is 33.5. The molecule has 0 spiro atoms. The van der Waals surface area contributed by atoms with Gasteiger partial charge in [-0.2, -0.15) is 0 Å². The van der Waals surface area contributed by atoms with Crippen LogP contribution in [0.25, 0.3) is 0 Å². The zero-order valence-corrected chi connectivity index (χ0v) is 17.9. The van der Waals surface area contributed by atoms with Crippen molar-refractivity contribution >= 4 is 17.6 Å². The number of ether oxygens (including phenoxy) is 3. The highest BCUT2D eigenvalue weighted by molar-refractivity contribution is 5.99. The maximum atomic E-state index is 12.7. The lowest BCUT2D eigenvalue weighted by atomic mass is 9.82. The number of carbonyl (C=O) groups is 2. The first kappa shape index (κ1) is 21.5. The number of hydrogen-bond donors (Lipinski definition) is 1. The number of methoxy groups -OCH3 is 3. The minimum absolute atomic E-state index is 0.0326. The van der Waals surface area contributed by atoms with Crippen LogP contribution >= 0.6 is 0 Å². The van der Waals surface area contributed by atoms with Crippen molar-refractivity contribution in [1.82, 2.24) is 9.97 Å². The fourth-order valence-corrected chi connectivity index (χ4v) is 3.50. The third-order valence-electron chi connectivity index (χ3n) is 5.49. The number of ketones is 1. The van der Waals surface area contributed by atoms with Crippen LogP contribution in [0.5, 0.6) is 17.2 Å². The van der Waals surface area contributed by atoms with E-state index in [0.29, 0.717) is 41.3 Å². The molecule has 1 aromatic heterocycles. The topological polar surface area (TPSA) is 99.6 Å². The molecular formula is C22H27N3O5.